The molecule has 0 amide bonds. The highest BCUT2D eigenvalue weighted by Crippen LogP contribution is 2.27. The van der Waals surface area contributed by atoms with Crippen molar-refractivity contribution < 1.29 is 0 Å². The summed E-state index contributed by atoms with van der Waals surface area (Å²) in [5.74, 6) is 1.34. The van der Waals surface area contributed by atoms with E-state index in [1.54, 1.807) is 18.0 Å². The number of hydrogen-bond donors (Lipinski definition) is 1. The number of imidazole rings is 1. The summed E-state index contributed by atoms with van der Waals surface area (Å²) in [6.07, 6.45) is 9.28. The van der Waals surface area contributed by atoms with Gasteiger partial charge in [-0.1, -0.05) is 23.9 Å². The summed E-state index contributed by atoms with van der Waals surface area (Å²) < 4.78 is 2.15. The normalized spacial score (nSPS) is 15.4. The van der Waals surface area contributed by atoms with E-state index in [0.717, 1.165) is 54.0 Å². The van der Waals surface area contributed by atoms with Crippen molar-refractivity contribution in [1.29, 1.82) is 0 Å². The minimum Gasteiger partial charge on any atom is -0.384 e. The Hall–Kier alpha value is -2.90. The van der Waals surface area contributed by atoms with Crippen molar-refractivity contribution in [2.24, 2.45) is 5.92 Å². The molecule has 0 atom stereocenters. The second kappa shape index (κ2) is 9.30. The lowest BCUT2D eigenvalue weighted by Crippen LogP contribution is -2.33. The highest BCUT2D eigenvalue weighted by Gasteiger charge is 2.20. The van der Waals surface area contributed by atoms with Crippen LogP contribution < -0.4 is 5.73 Å². The molecule has 1 fully saturated rings. The molecule has 4 aromatic rings. The largest absolute Gasteiger partial charge is 0.384 e. The van der Waals surface area contributed by atoms with Crippen molar-refractivity contribution >= 4 is 28.7 Å². The second-order valence-corrected chi connectivity index (χ2v) is 9.23. The van der Waals surface area contributed by atoms with E-state index in [0.29, 0.717) is 5.82 Å². The Bertz CT molecular complexity index is 1190. The number of rotatable bonds is 6. The SMILES string of the molecule is CSc1nc2cccnc2n1-c1ccc(CC2CCN(Cc3ccnc(N)c3)CC2)cc1. The zero-order valence-corrected chi connectivity index (χ0v) is 19.1. The molecule has 1 saturated heterocycles. The number of thioether (sulfide) groups is 1. The molecule has 164 valence electrons. The Morgan fingerprint density at radius 2 is 1.81 bits per heavy atom. The van der Waals surface area contributed by atoms with Crippen LogP contribution in [-0.4, -0.2) is 43.8 Å². The highest BCUT2D eigenvalue weighted by molar-refractivity contribution is 7.98. The molecule has 0 saturated carbocycles. The van der Waals surface area contributed by atoms with Gasteiger partial charge in [-0.2, -0.15) is 0 Å². The molecular weight excluding hydrogens is 416 g/mol. The van der Waals surface area contributed by atoms with E-state index >= 15 is 0 Å². The summed E-state index contributed by atoms with van der Waals surface area (Å²) in [6, 6.07) is 16.9. The first-order chi connectivity index (χ1) is 15.7. The van der Waals surface area contributed by atoms with Gasteiger partial charge in [-0.15, -0.1) is 0 Å². The molecule has 0 spiro atoms. The van der Waals surface area contributed by atoms with Crippen molar-refractivity contribution in [3.63, 3.8) is 0 Å². The lowest BCUT2D eigenvalue weighted by atomic mass is 9.90. The number of piperidine rings is 1. The summed E-state index contributed by atoms with van der Waals surface area (Å²) in [4.78, 5) is 15.9. The number of benzene rings is 1. The zero-order chi connectivity index (χ0) is 21.9. The van der Waals surface area contributed by atoms with Crippen molar-refractivity contribution in [2.75, 3.05) is 25.1 Å². The quantitative estimate of drug-likeness (QED) is 0.439. The third kappa shape index (κ3) is 4.49. The van der Waals surface area contributed by atoms with Crippen LogP contribution in [0.1, 0.15) is 24.0 Å². The van der Waals surface area contributed by atoms with Gasteiger partial charge in [0.05, 0.1) is 0 Å². The monoisotopic (exact) mass is 444 g/mol. The summed E-state index contributed by atoms with van der Waals surface area (Å²) >= 11 is 1.65. The first-order valence-electron chi connectivity index (χ1n) is 11.1. The average Bonchev–Trinajstić information content (AvgIpc) is 3.20. The molecule has 2 N–H and O–H groups in total. The maximum Gasteiger partial charge on any atom is 0.174 e. The number of aromatic nitrogens is 4. The third-order valence-corrected chi connectivity index (χ3v) is 6.88. The molecule has 5 rings (SSSR count). The summed E-state index contributed by atoms with van der Waals surface area (Å²) in [7, 11) is 0. The minimum atomic E-state index is 0.602. The van der Waals surface area contributed by atoms with Crippen LogP contribution in [0.5, 0.6) is 0 Å². The summed E-state index contributed by atoms with van der Waals surface area (Å²) in [5, 5.41) is 0.967. The standard InChI is InChI=1S/C25H28N6S/c1-32-25-29-22-3-2-11-28-24(22)31(25)21-6-4-18(5-7-21)15-19-9-13-30(14-10-19)17-20-8-12-27-23(26)16-20/h2-8,11-12,16,19H,9-10,13-15,17H2,1H3,(H2,26,27). The molecule has 1 aliphatic rings. The number of hydrogen-bond acceptors (Lipinski definition) is 6. The van der Waals surface area contributed by atoms with Crippen molar-refractivity contribution in [2.45, 2.75) is 31.0 Å². The second-order valence-electron chi connectivity index (χ2n) is 8.46. The third-order valence-electron chi connectivity index (χ3n) is 6.25. The lowest BCUT2D eigenvalue weighted by molar-refractivity contribution is 0.177. The van der Waals surface area contributed by atoms with Crippen LogP contribution in [0.4, 0.5) is 5.82 Å². The average molecular weight is 445 g/mol. The molecule has 0 aliphatic carbocycles. The zero-order valence-electron chi connectivity index (χ0n) is 18.3. The van der Waals surface area contributed by atoms with E-state index in [2.05, 4.69) is 56.0 Å². The van der Waals surface area contributed by atoms with Gasteiger partial charge < -0.3 is 5.73 Å². The van der Waals surface area contributed by atoms with Crippen LogP contribution >= 0.6 is 11.8 Å². The van der Waals surface area contributed by atoms with E-state index < -0.39 is 0 Å². The Morgan fingerprint density at radius 3 is 2.56 bits per heavy atom. The predicted molar refractivity (Wildman–Crippen MR) is 131 cm³/mol. The molecule has 6 nitrogen and oxygen atoms in total. The number of pyridine rings is 2. The van der Waals surface area contributed by atoms with Gasteiger partial charge >= 0.3 is 0 Å². The van der Waals surface area contributed by atoms with E-state index in [4.69, 9.17) is 10.7 Å². The summed E-state index contributed by atoms with van der Waals surface area (Å²) in [6.45, 7) is 3.22. The van der Waals surface area contributed by atoms with Crippen LogP contribution in [0.3, 0.4) is 0 Å². The van der Waals surface area contributed by atoms with E-state index in [9.17, 15) is 0 Å². The summed E-state index contributed by atoms with van der Waals surface area (Å²) in [5.41, 5.74) is 11.4. The number of nitrogens with zero attached hydrogens (tertiary/aromatic N) is 5. The molecule has 0 unspecified atom stereocenters. The van der Waals surface area contributed by atoms with E-state index in [1.165, 1.54) is 24.0 Å². The van der Waals surface area contributed by atoms with Gasteiger partial charge in [0.15, 0.2) is 10.8 Å². The molecule has 32 heavy (non-hydrogen) atoms. The van der Waals surface area contributed by atoms with Gasteiger partial charge in [0.1, 0.15) is 11.3 Å². The fourth-order valence-corrected chi connectivity index (χ4v) is 5.14. The number of likely N-dealkylation sites (tertiary alicyclic amines) is 1. The number of nitrogen functional groups attached to an aromatic ring is 1. The number of fused-ring (bicyclic) bond motifs is 1. The van der Waals surface area contributed by atoms with Crippen LogP contribution in [0.15, 0.2) is 66.1 Å². The molecule has 0 bridgehead atoms. The Morgan fingerprint density at radius 1 is 1.00 bits per heavy atom. The first-order valence-corrected chi connectivity index (χ1v) is 12.3. The molecule has 1 aromatic carbocycles. The van der Waals surface area contributed by atoms with Gasteiger partial charge in [-0.05, 0) is 92.1 Å². The van der Waals surface area contributed by atoms with E-state index in [-0.39, 0.29) is 0 Å². The maximum atomic E-state index is 5.82. The Kier molecular flexibility index (Phi) is 6.10. The Balaban J connectivity index is 1.22. The molecule has 0 radical (unpaired) electrons. The predicted octanol–water partition coefficient (Wildman–Crippen LogP) is 4.57. The topological polar surface area (TPSA) is 72.9 Å². The minimum absolute atomic E-state index is 0.602. The first kappa shape index (κ1) is 21.0. The molecule has 1 aliphatic heterocycles. The van der Waals surface area contributed by atoms with Crippen molar-refractivity contribution in [3.05, 3.63) is 72.1 Å². The fraction of sp³-hybridized carbons (Fsp3) is 0.320. The highest BCUT2D eigenvalue weighted by atomic mass is 32.2. The molecule has 4 heterocycles. The fourth-order valence-electron chi connectivity index (χ4n) is 4.58. The smallest absolute Gasteiger partial charge is 0.174 e. The van der Waals surface area contributed by atoms with Gasteiger partial charge in [0.25, 0.3) is 0 Å². The van der Waals surface area contributed by atoms with Crippen LogP contribution in [0.2, 0.25) is 0 Å². The van der Waals surface area contributed by atoms with Crippen LogP contribution in [0.25, 0.3) is 16.9 Å². The van der Waals surface area contributed by atoms with Gasteiger partial charge in [0, 0.05) is 24.6 Å². The molecular formula is C25H28N6S. The van der Waals surface area contributed by atoms with Crippen LogP contribution in [-0.2, 0) is 13.0 Å². The molecule has 3 aromatic heterocycles. The number of anilines is 1. The van der Waals surface area contributed by atoms with Crippen LogP contribution in [0, 0.1) is 5.92 Å². The van der Waals surface area contributed by atoms with Crippen molar-refractivity contribution in [3.8, 4) is 5.69 Å². The van der Waals surface area contributed by atoms with Gasteiger partial charge in [-0.3, -0.25) is 9.47 Å². The molecule has 7 heteroatoms. The van der Waals surface area contributed by atoms with Gasteiger partial charge in [0.2, 0.25) is 0 Å². The van der Waals surface area contributed by atoms with Gasteiger partial charge in [-0.25, -0.2) is 15.0 Å². The number of nitrogens with two attached hydrogens (primary N) is 1. The Labute approximate surface area is 192 Å². The van der Waals surface area contributed by atoms with E-state index in [1.807, 2.05) is 24.4 Å². The lowest BCUT2D eigenvalue weighted by Gasteiger charge is -2.32. The maximum absolute atomic E-state index is 5.82. The van der Waals surface area contributed by atoms with Crippen molar-refractivity contribution in [1.82, 2.24) is 24.4 Å².